The maximum absolute atomic E-state index is 13.5. The largest absolute Gasteiger partial charge is 0.504 e. The number of nitrogens with zero attached hydrogens (tertiary/aromatic N) is 2. The van der Waals surface area contributed by atoms with Crippen molar-refractivity contribution in [1.82, 2.24) is 9.97 Å². The zero-order valence-electron chi connectivity index (χ0n) is 14.5. The van der Waals surface area contributed by atoms with Crippen LogP contribution in [0.25, 0.3) is 22.2 Å². The number of hydrogen-bond donors (Lipinski definition) is 1. The second-order valence-corrected chi connectivity index (χ2v) is 6.11. The van der Waals surface area contributed by atoms with Crippen molar-refractivity contribution < 1.29 is 18.6 Å². The number of hydrogen-bond acceptors (Lipinski definition) is 4. The van der Waals surface area contributed by atoms with Crippen LogP contribution >= 0.6 is 0 Å². The van der Waals surface area contributed by atoms with Crippen molar-refractivity contribution in [2.24, 2.45) is 0 Å². The van der Waals surface area contributed by atoms with Gasteiger partial charge in [0.2, 0.25) is 5.82 Å². The van der Waals surface area contributed by atoms with Crippen molar-refractivity contribution in [2.75, 3.05) is 6.61 Å². The summed E-state index contributed by atoms with van der Waals surface area (Å²) in [7, 11) is 0. The Kier molecular flexibility index (Phi) is 5.61. The molecule has 0 saturated heterocycles. The second kappa shape index (κ2) is 8.08. The highest BCUT2D eigenvalue weighted by atomic mass is 19.2. The lowest BCUT2D eigenvalue weighted by Crippen LogP contribution is -1.99. The molecule has 0 saturated carbocycles. The molecule has 0 aliphatic rings. The topological polar surface area (TPSA) is 55.2 Å². The van der Waals surface area contributed by atoms with Gasteiger partial charge in [-0.15, -0.1) is 0 Å². The van der Waals surface area contributed by atoms with Gasteiger partial charge in [-0.3, -0.25) is 0 Å². The van der Waals surface area contributed by atoms with Crippen LogP contribution in [-0.4, -0.2) is 21.7 Å². The van der Waals surface area contributed by atoms with Crippen LogP contribution in [0.3, 0.4) is 0 Å². The first-order valence-corrected chi connectivity index (χ1v) is 8.66. The van der Waals surface area contributed by atoms with E-state index in [1.165, 1.54) is 18.9 Å². The van der Waals surface area contributed by atoms with E-state index >= 15 is 0 Å². The van der Waals surface area contributed by atoms with Gasteiger partial charge >= 0.3 is 0 Å². The quantitative estimate of drug-likeness (QED) is 0.587. The van der Waals surface area contributed by atoms with Gasteiger partial charge in [0.1, 0.15) is 0 Å². The summed E-state index contributed by atoms with van der Waals surface area (Å²) in [4.78, 5) is 8.53. The number of aromatic nitrogens is 2. The second-order valence-electron chi connectivity index (χ2n) is 6.11. The summed E-state index contributed by atoms with van der Waals surface area (Å²) in [6.45, 7) is 2.79. The third-order valence-corrected chi connectivity index (χ3v) is 4.16. The minimum atomic E-state index is -1.25. The monoisotopic (exact) mass is 358 g/mol. The summed E-state index contributed by atoms with van der Waals surface area (Å²) in [5, 5.41) is 10.3. The van der Waals surface area contributed by atoms with Gasteiger partial charge in [-0.1, -0.05) is 32.3 Å². The normalized spacial score (nSPS) is 11.0. The van der Waals surface area contributed by atoms with E-state index < -0.39 is 17.4 Å². The van der Waals surface area contributed by atoms with E-state index in [9.17, 15) is 13.9 Å². The Balaban J connectivity index is 1.75. The summed E-state index contributed by atoms with van der Waals surface area (Å²) in [6, 6.07) is 5.82. The zero-order valence-corrected chi connectivity index (χ0v) is 14.5. The Hall–Kier alpha value is -2.76. The third-order valence-electron chi connectivity index (χ3n) is 4.16. The molecule has 4 nitrogen and oxygen atoms in total. The van der Waals surface area contributed by atoms with Gasteiger partial charge in [-0.05, 0) is 30.0 Å². The first-order chi connectivity index (χ1) is 12.6. The minimum Gasteiger partial charge on any atom is -0.504 e. The zero-order chi connectivity index (χ0) is 18.5. The standard InChI is InChI=1S/C20H20F2N2O2/c1-2-3-4-5-8-26-15-11-23-20(24-12-15)13-6-7-16-14(9-13)10-17(21)18(22)19(16)25/h6-7,9-12,25H,2-5,8H2,1H3. The molecule has 0 fully saturated rings. The van der Waals surface area contributed by atoms with Crippen LogP contribution in [0.2, 0.25) is 0 Å². The van der Waals surface area contributed by atoms with Crippen LogP contribution in [0.5, 0.6) is 11.5 Å². The lowest BCUT2D eigenvalue weighted by atomic mass is 10.1. The highest BCUT2D eigenvalue weighted by Crippen LogP contribution is 2.32. The van der Waals surface area contributed by atoms with E-state index in [2.05, 4.69) is 16.9 Å². The van der Waals surface area contributed by atoms with Crippen molar-refractivity contribution >= 4 is 10.8 Å². The van der Waals surface area contributed by atoms with Crippen LogP contribution in [0, 0.1) is 11.6 Å². The van der Waals surface area contributed by atoms with Gasteiger partial charge in [0.05, 0.1) is 19.0 Å². The number of benzene rings is 2. The Bertz CT molecular complexity index is 898. The fourth-order valence-electron chi connectivity index (χ4n) is 2.73. The average molecular weight is 358 g/mol. The summed E-state index contributed by atoms with van der Waals surface area (Å²) in [6.07, 6.45) is 7.69. The summed E-state index contributed by atoms with van der Waals surface area (Å²) < 4.78 is 32.6. The molecule has 0 amide bonds. The Labute approximate surface area is 150 Å². The molecule has 1 heterocycles. The Morgan fingerprint density at radius 2 is 1.81 bits per heavy atom. The predicted octanol–water partition coefficient (Wildman–Crippen LogP) is 5.24. The molecule has 0 atom stereocenters. The molecule has 0 radical (unpaired) electrons. The molecular weight excluding hydrogens is 338 g/mol. The number of ether oxygens (including phenoxy) is 1. The number of phenols is 1. The number of fused-ring (bicyclic) bond motifs is 1. The molecule has 3 rings (SSSR count). The van der Waals surface area contributed by atoms with Gasteiger partial charge in [0, 0.05) is 10.9 Å². The Morgan fingerprint density at radius 3 is 2.54 bits per heavy atom. The van der Waals surface area contributed by atoms with Gasteiger partial charge in [0.25, 0.3) is 0 Å². The van der Waals surface area contributed by atoms with E-state index in [0.717, 1.165) is 18.9 Å². The molecule has 0 spiro atoms. The number of phenolic OH excluding ortho intramolecular Hbond substituents is 1. The number of halogens is 2. The third kappa shape index (κ3) is 3.90. The van der Waals surface area contributed by atoms with Crippen molar-refractivity contribution in [3.63, 3.8) is 0 Å². The number of aromatic hydroxyl groups is 1. The smallest absolute Gasteiger partial charge is 0.201 e. The molecule has 2 aromatic carbocycles. The van der Waals surface area contributed by atoms with Crippen LogP contribution in [-0.2, 0) is 0 Å². The van der Waals surface area contributed by atoms with E-state index in [0.29, 0.717) is 29.1 Å². The van der Waals surface area contributed by atoms with Crippen molar-refractivity contribution in [3.8, 4) is 22.9 Å². The van der Waals surface area contributed by atoms with Gasteiger partial charge in [-0.2, -0.15) is 4.39 Å². The summed E-state index contributed by atoms with van der Waals surface area (Å²) in [5.41, 5.74) is 0.636. The predicted molar refractivity (Wildman–Crippen MR) is 96.2 cm³/mol. The lowest BCUT2D eigenvalue weighted by Gasteiger charge is -2.08. The number of unbranched alkanes of at least 4 members (excludes halogenated alkanes) is 3. The molecule has 1 N–H and O–H groups in total. The van der Waals surface area contributed by atoms with Crippen LogP contribution < -0.4 is 4.74 Å². The lowest BCUT2D eigenvalue weighted by molar-refractivity contribution is 0.303. The highest BCUT2D eigenvalue weighted by Gasteiger charge is 2.13. The molecule has 3 aromatic rings. The minimum absolute atomic E-state index is 0.236. The van der Waals surface area contributed by atoms with Crippen molar-refractivity contribution in [2.45, 2.75) is 32.6 Å². The SMILES string of the molecule is CCCCCCOc1cnc(-c2ccc3c(O)c(F)c(F)cc3c2)nc1. The average Bonchev–Trinajstić information content (AvgIpc) is 2.66. The van der Waals surface area contributed by atoms with Crippen LogP contribution in [0.4, 0.5) is 8.78 Å². The molecule has 0 aliphatic carbocycles. The highest BCUT2D eigenvalue weighted by molar-refractivity contribution is 5.91. The molecular formula is C20H20F2N2O2. The molecule has 136 valence electrons. The maximum Gasteiger partial charge on any atom is 0.201 e. The van der Waals surface area contributed by atoms with Gasteiger partial charge < -0.3 is 9.84 Å². The molecule has 6 heteroatoms. The fraction of sp³-hybridized carbons (Fsp3) is 0.300. The van der Waals surface area contributed by atoms with E-state index in [1.807, 2.05) is 0 Å². The van der Waals surface area contributed by atoms with Gasteiger partial charge in [-0.25, -0.2) is 14.4 Å². The summed E-state index contributed by atoms with van der Waals surface area (Å²) >= 11 is 0. The van der Waals surface area contributed by atoms with Crippen molar-refractivity contribution in [3.05, 3.63) is 48.3 Å². The Morgan fingerprint density at radius 1 is 1.04 bits per heavy atom. The fourth-order valence-corrected chi connectivity index (χ4v) is 2.73. The van der Waals surface area contributed by atoms with Crippen LogP contribution in [0.1, 0.15) is 32.6 Å². The van der Waals surface area contributed by atoms with E-state index in [1.54, 1.807) is 24.5 Å². The first-order valence-electron chi connectivity index (χ1n) is 8.66. The van der Waals surface area contributed by atoms with Gasteiger partial charge in [0.15, 0.2) is 23.1 Å². The maximum atomic E-state index is 13.5. The molecule has 1 aromatic heterocycles. The van der Waals surface area contributed by atoms with E-state index in [-0.39, 0.29) is 5.39 Å². The number of rotatable bonds is 7. The molecule has 0 aliphatic heterocycles. The van der Waals surface area contributed by atoms with Crippen molar-refractivity contribution in [1.29, 1.82) is 0 Å². The molecule has 0 unspecified atom stereocenters. The molecule has 0 bridgehead atoms. The van der Waals surface area contributed by atoms with E-state index in [4.69, 9.17) is 4.74 Å². The van der Waals surface area contributed by atoms with Crippen LogP contribution in [0.15, 0.2) is 36.7 Å². The molecule has 26 heavy (non-hydrogen) atoms. The summed E-state index contributed by atoms with van der Waals surface area (Å²) in [5.74, 6) is -2.01. The first kappa shape index (κ1) is 18.0.